The number of carbonyl (C=O) groups is 2. The van der Waals surface area contributed by atoms with Crippen molar-refractivity contribution in [3.63, 3.8) is 0 Å². The number of nitrogens with one attached hydrogen (secondary N) is 1. The molecule has 0 aliphatic heterocycles. The molecule has 1 amide bonds. The molecule has 0 radical (unpaired) electrons. The minimum absolute atomic E-state index is 0.0205. The molecule has 2 N–H and O–H groups in total. The first kappa shape index (κ1) is 13.9. The molecule has 5 heteroatoms. The van der Waals surface area contributed by atoms with Crippen molar-refractivity contribution in [3.05, 3.63) is 53.5 Å². The third kappa shape index (κ3) is 3.26. The predicted octanol–water partition coefficient (Wildman–Crippen LogP) is 2.86. The molecular formula is C15H15NO4. The molecule has 0 unspecified atom stereocenters. The number of amides is 1. The number of aliphatic carboxylic acids is 1. The van der Waals surface area contributed by atoms with Crippen LogP contribution in [0.1, 0.15) is 28.1 Å². The molecule has 0 aliphatic rings. The molecule has 0 atom stereocenters. The van der Waals surface area contributed by atoms with Crippen LogP contribution >= 0.6 is 0 Å². The van der Waals surface area contributed by atoms with E-state index in [0.717, 1.165) is 11.1 Å². The van der Waals surface area contributed by atoms with E-state index in [-0.39, 0.29) is 18.1 Å². The summed E-state index contributed by atoms with van der Waals surface area (Å²) in [4.78, 5) is 22.7. The maximum atomic E-state index is 12.1. The maximum absolute atomic E-state index is 12.1. The van der Waals surface area contributed by atoms with Gasteiger partial charge < -0.3 is 14.8 Å². The Morgan fingerprint density at radius 2 is 2.00 bits per heavy atom. The first-order valence-electron chi connectivity index (χ1n) is 6.23. The zero-order valence-electron chi connectivity index (χ0n) is 11.1. The molecule has 0 fully saturated rings. The van der Waals surface area contributed by atoms with Gasteiger partial charge in [0.25, 0.3) is 5.91 Å². The average molecular weight is 273 g/mol. The fourth-order valence-electron chi connectivity index (χ4n) is 1.89. The van der Waals surface area contributed by atoms with E-state index in [4.69, 9.17) is 9.52 Å². The summed E-state index contributed by atoms with van der Waals surface area (Å²) in [5.74, 6) is -0.943. The summed E-state index contributed by atoms with van der Waals surface area (Å²) in [6.07, 6.45) is 1.84. The Labute approximate surface area is 116 Å². The van der Waals surface area contributed by atoms with Crippen molar-refractivity contribution < 1.29 is 19.1 Å². The second kappa shape index (κ2) is 6.06. The van der Waals surface area contributed by atoms with Crippen LogP contribution in [0, 0.1) is 6.92 Å². The van der Waals surface area contributed by atoms with Crippen molar-refractivity contribution >= 4 is 17.6 Å². The van der Waals surface area contributed by atoms with Gasteiger partial charge in [0.2, 0.25) is 0 Å². The summed E-state index contributed by atoms with van der Waals surface area (Å²) >= 11 is 0. The Hall–Kier alpha value is -2.56. The van der Waals surface area contributed by atoms with Gasteiger partial charge in [0.05, 0.1) is 6.26 Å². The molecule has 0 spiro atoms. The van der Waals surface area contributed by atoms with E-state index in [1.54, 1.807) is 31.2 Å². The fraction of sp³-hybridized carbons (Fsp3) is 0.200. The largest absolute Gasteiger partial charge is 0.481 e. The number of hydrogen-bond acceptors (Lipinski definition) is 3. The molecule has 0 aliphatic carbocycles. The molecule has 20 heavy (non-hydrogen) atoms. The van der Waals surface area contributed by atoms with Crippen molar-refractivity contribution in [2.75, 3.05) is 5.32 Å². The summed E-state index contributed by atoms with van der Waals surface area (Å²) in [5.41, 5.74) is 2.15. The Morgan fingerprint density at radius 1 is 1.25 bits per heavy atom. The van der Waals surface area contributed by atoms with E-state index < -0.39 is 5.97 Å². The second-order valence-electron chi connectivity index (χ2n) is 4.44. The first-order chi connectivity index (χ1) is 9.58. The molecular weight excluding hydrogens is 258 g/mol. The van der Waals surface area contributed by atoms with Crippen LogP contribution < -0.4 is 5.32 Å². The number of furan rings is 1. The van der Waals surface area contributed by atoms with Crippen LogP contribution in [-0.4, -0.2) is 17.0 Å². The van der Waals surface area contributed by atoms with E-state index in [9.17, 15) is 9.59 Å². The molecule has 0 saturated carbocycles. The standard InChI is InChI=1S/C15H15NO4/c1-10-8-9-20-14(10)15(19)16-12-5-3-2-4-11(12)6-7-13(17)18/h2-5,8-9H,6-7H2,1H3,(H,16,19)(H,17,18). The molecule has 1 aromatic carbocycles. The van der Waals surface area contributed by atoms with Gasteiger partial charge in [0.15, 0.2) is 5.76 Å². The maximum Gasteiger partial charge on any atom is 0.303 e. The SMILES string of the molecule is Cc1ccoc1C(=O)Nc1ccccc1CCC(=O)O. The zero-order valence-corrected chi connectivity index (χ0v) is 11.1. The number of anilines is 1. The molecule has 2 rings (SSSR count). The van der Waals surface area contributed by atoms with Gasteiger partial charge in [0.1, 0.15) is 0 Å². The van der Waals surface area contributed by atoms with Crippen molar-refractivity contribution in [1.29, 1.82) is 0 Å². The van der Waals surface area contributed by atoms with E-state index in [1.165, 1.54) is 6.26 Å². The number of para-hydroxylation sites is 1. The minimum Gasteiger partial charge on any atom is -0.481 e. The number of carboxylic acid groups (broad SMARTS) is 1. The van der Waals surface area contributed by atoms with Gasteiger partial charge in [-0.25, -0.2) is 0 Å². The normalized spacial score (nSPS) is 10.2. The van der Waals surface area contributed by atoms with Gasteiger partial charge in [-0.2, -0.15) is 0 Å². The lowest BCUT2D eigenvalue weighted by molar-refractivity contribution is -0.136. The van der Waals surface area contributed by atoms with E-state index in [0.29, 0.717) is 12.1 Å². The predicted molar refractivity (Wildman–Crippen MR) is 73.8 cm³/mol. The number of carbonyl (C=O) groups excluding carboxylic acids is 1. The van der Waals surface area contributed by atoms with Crippen molar-refractivity contribution in [1.82, 2.24) is 0 Å². The van der Waals surface area contributed by atoms with E-state index in [1.807, 2.05) is 6.07 Å². The summed E-state index contributed by atoms with van der Waals surface area (Å²) in [7, 11) is 0. The highest BCUT2D eigenvalue weighted by Gasteiger charge is 2.14. The van der Waals surface area contributed by atoms with Gasteiger partial charge >= 0.3 is 5.97 Å². The fourth-order valence-corrected chi connectivity index (χ4v) is 1.89. The lowest BCUT2D eigenvalue weighted by Gasteiger charge is -2.09. The number of rotatable bonds is 5. The van der Waals surface area contributed by atoms with Gasteiger partial charge in [-0.15, -0.1) is 0 Å². The van der Waals surface area contributed by atoms with Crippen LogP contribution in [0.25, 0.3) is 0 Å². The monoisotopic (exact) mass is 273 g/mol. The van der Waals surface area contributed by atoms with Crippen LogP contribution in [0.4, 0.5) is 5.69 Å². The van der Waals surface area contributed by atoms with Gasteiger partial charge in [-0.3, -0.25) is 9.59 Å². The Morgan fingerprint density at radius 3 is 2.65 bits per heavy atom. The number of aryl methyl sites for hydroxylation is 2. The second-order valence-corrected chi connectivity index (χ2v) is 4.44. The Bertz CT molecular complexity index is 630. The van der Waals surface area contributed by atoms with Gasteiger partial charge in [0, 0.05) is 17.7 Å². The summed E-state index contributed by atoms with van der Waals surface area (Å²) < 4.78 is 5.13. The lowest BCUT2D eigenvalue weighted by Crippen LogP contribution is -2.13. The first-order valence-corrected chi connectivity index (χ1v) is 6.23. The summed E-state index contributed by atoms with van der Waals surface area (Å²) in [6, 6.07) is 8.85. The highest BCUT2D eigenvalue weighted by molar-refractivity contribution is 6.03. The number of hydrogen-bond donors (Lipinski definition) is 2. The number of benzene rings is 1. The minimum atomic E-state index is -0.868. The van der Waals surface area contributed by atoms with Crippen LogP contribution in [0.3, 0.4) is 0 Å². The van der Waals surface area contributed by atoms with Gasteiger partial charge in [-0.1, -0.05) is 18.2 Å². The summed E-state index contributed by atoms with van der Waals surface area (Å²) in [5, 5.41) is 11.5. The highest BCUT2D eigenvalue weighted by Crippen LogP contribution is 2.19. The molecule has 2 aromatic rings. The highest BCUT2D eigenvalue weighted by atomic mass is 16.4. The van der Waals surface area contributed by atoms with Crippen molar-refractivity contribution in [2.24, 2.45) is 0 Å². The number of carboxylic acids is 1. The van der Waals surface area contributed by atoms with Crippen LogP contribution in [0.2, 0.25) is 0 Å². The smallest absolute Gasteiger partial charge is 0.303 e. The van der Waals surface area contributed by atoms with Crippen molar-refractivity contribution in [3.8, 4) is 0 Å². The van der Waals surface area contributed by atoms with Gasteiger partial charge in [-0.05, 0) is 31.0 Å². The molecule has 0 bridgehead atoms. The van der Waals surface area contributed by atoms with Crippen molar-refractivity contribution in [2.45, 2.75) is 19.8 Å². The summed E-state index contributed by atoms with van der Waals surface area (Å²) in [6.45, 7) is 1.79. The molecule has 1 aromatic heterocycles. The molecule has 104 valence electrons. The average Bonchev–Trinajstić information content (AvgIpc) is 2.84. The Balaban J connectivity index is 2.15. The van der Waals surface area contributed by atoms with Crippen LogP contribution in [0.15, 0.2) is 41.0 Å². The van der Waals surface area contributed by atoms with E-state index >= 15 is 0 Å². The molecule has 5 nitrogen and oxygen atoms in total. The zero-order chi connectivity index (χ0) is 14.5. The van der Waals surface area contributed by atoms with Crippen LogP contribution in [-0.2, 0) is 11.2 Å². The van der Waals surface area contributed by atoms with E-state index in [2.05, 4.69) is 5.32 Å². The lowest BCUT2D eigenvalue weighted by atomic mass is 10.1. The van der Waals surface area contributed by atoms with Crippen LogP contribution in [0.5, 0.6) is 0 Å². The quantitative estimate of drug-likeness (QED) is 0.877. The topological polar surface area (TPSA) is 79.5 Å². The third-order valence-electron chi connectivity index (χ3n) is 2.94. The Kier molecular flexibility index (Phi) is 4.20. The molecule has 1 heterocycles. The molecule has 0 saturated heterocycles. The third-order valence-corrected chi connectivity index (χ3v) is 2.94.